The second-order valence-corrected chi connectivity index (χ2v) is 5.04. The van der Waals surface area contributed by atoms with Gasteiger partial charge in [0, 0.05) is 13.0 Å². The summed E-state index contributed by atoms with van der Waals surface area (Å²) in [5, 5.41) is 7.92. The second-order valence-electron chi connectivity index (χ2n) is 5.04. The lowest BCUT2D eigenvalue weighted by atomic mass is 9.89. The van der Waals surface area contributed by atoms with E-state index >= 15 is 0 Å². The normalized spacial score (nSPS) is 19.5. The van der Waals surface area contributed by atoms with Gasteiger partial charge in [0.15, 0.2) is 5.82 Å². The van der Waals surface area contributed by atoms with E-state index in [1.807, 2.05) is 18.8 Å². The first-order chi connectivity index (χ1) is 8.26. The van der Waals surface area contributed by atoms with Gasteiger partial charge in [0.25, 0.3) is 0 Å². The van der Waals surface area contributed by atoms with E-state index in [9.17, 15) is 0 Å². The summed E-state index contributed by atoms with van der Waals surface area (Å²) in [6.45, 7) is 2.18. The van der Waals surface area contributed by atoms with Gasteiger partial charge in [0.1, 0.15) is 5.82 Å². The van der Waals surface area contributed by atoms with E-state index in [-0.39, 0.29) is 0 Å². The fourth-order valence-corrected chi connectivity index (χ4v) is 2.77. The fourth-order valence-electron chi connectivity index (χ4n) is 2.77. The molecule has 1 unspecified atom stereocenters. The maximum absolute atomic E-state index is 4.76. The van der Waals surface area contributed by atoms with Gasteiger partial charge in [0.2, 0.25) is 0 Å². The Kier molecular flexibility index (Phi) is 4.15. The molecule has 96 valence electrons. The predicted octanol–water partition coefficient (Wildman–Crippen LogP) is 2.53. The Bertz CT molecular complexity index is 348. The van der Waals surface area contributed by atoms with E-state index in [4.69, 9.17) is 4.98 Å². The molecule has 0 radical (unpaired) electrons. The molecule has 1 aliphatic rings. The van der Waals surface area contributed by atoms with E-state index in [2.05, 4.69) is 17.3 Å². The van der Waals surface area contributed by atoms with Crippen molar-refractivity contribution in [2.75, 3.05) is 7.05 Å². The molecule has 1 fully saturated rings. The molecule has 0 aliphatic heterocycles. The first-order valence-corrected chi connectivity index (χ1v) is 6.84. The van der Waals surface area contributed by atoms with E-state index in [1.165, 1.54) is 32.1 Å². The lowest BCUT2D eigenvalue weighted by Crippen LogP contribution is -2.19. The maximum Gasteiger partial charge on any atom is 0.154 e. The minimum Gasteiger partial charge on any atom is -0.310 e. The minimum absolute atomic E-state index is 0.324. The first kappa shape index (κ1) is 12.6. The van der Waals surface area contributed by atoms with Crippen molar-refractivity contribution < 1.29 is 0 Å². The highest BCUT2D eigenvalue weighted by Crippen LogP contribution is 2.31. The molecule has 0 saturated heterocycles. The highest BCUT2D eigenvalue weighted by molar-refractivity contribution is 5.03. The molecule has 1 aliphatic carbocycles. The van der Waals surface area contributed by atoms with Crippen molar-refractivity contribution in [3.63, 3.8) is 0 Å². The average molecular weight is 236 g/mol. The Balaban J connectivity index is 2.16. The van der Waals surface area contributed by atoms with Gasteiger partial charge >= 0.3 is 0 Å². The summed E-state index contributed by atoms with van der Waals surface area (Å²) in [5.74, 6) is 2.74. The molecular formula is C13H24N4. The van der Waals surface area contributed by atoms with E-state index in [0.717, 1.165) is 18.1 Å². The molecule has 4 heteroatoms. The van der Waals surface area contributed by atoms with Gasteiger partial charge in [-0.1, -0.05) is 26.2 Å². The molecule has 2 rings (SSSR count). The van der Waals surface area contributed by atoms with Crippen molar-refractivity contribution in [1.82, 2.24) is 20.1 Å². The molecule has 1 aromatic rings. The molecule has 1 aromatic heterocycles. The van der Waals surface area contributed by atoms with Crippen molar-refractivity contribution >= 4 is 0 Å². The van der Waals surface area contributed by atoms with Gasteiger partial charge in [-0.05, 0) is 26.3 Å². The summed E-state index contributed by atoms with van der Waals surface area (Å²) in [5.41, 5.74) is 0. The zero-order valence-electron chi connectivity index (χ0n) is 11.2. The molecule has 0 bridgehead atoms. The van der Waals surface area contributed by atoms with Crippen LogP contribution < -0.4 is 5.32 Å². The molecule has 17 heavy (non-hydrogen) atoms. The summed E-state index contributed by atoms with van der Waals surface area (Å²) < 4.78 is 1.95. The summed E-state index contributed by atoms with van der Waals surface area (Å²) >= 11 is 0. The summed E-state index contributed by atoms with van der Waals surface area (Å²) in [6, 6.07) is 0.324. The molecule has 0 aromatic carbocycles. The molecule has 1 saturated carbocycles. The zero-order valence-corrected chi connectivity index (χ0v) is 11.2. The number of rotatable bonds is 4. The van der Waals surface area contributed by atoms with Gasteiger partial charge in [-0.25, -0.2) is 4.98 Å². The molecule has 0 spiro atoms. The first-order valence-electron chi connectivity index (χ1n) is 6.84. The Hall–Kier alpha value is -0.900. The number of nitrogens with zero attached hydrogens (tertiary/aromatic N) is 3. The topological polar surface area (TPSA) is 42.7 Å². The number of nitrogens with one attached hydrogen (secondary N) is 1. The summed E-state index contributed by atoms with van der Waals surface area (Å²) in [6.07, 6.45) is 7.63. The maximum atomic E-state index is 4.76. The predicted molar refractivity (Wildman–Crippen MR) is 68.9 cm³/mol. The Morgan fingerprint density at radius 3 is 2.65 bits per heavy atom. The molecule has 4 nitrogen and oxygen atoms in total. The van der Waals surface area contributed by atoms with Crippen LogP contribution in [0.5, 0.6) is 0 Å². The van der Waals surface area contributed by atoms with Crippen molar-refractivity contribution in [2.45, 2.75) is 57.4 Å². The molecular weight excluding hydrogens is 212 g/mol. The van der Waals surface area contributed by atoms with Crippen LogP contribution in [-0.2, 0) is 7.05 Å². The highest BCUT2D eigenvalue weighted by Gasteiger charge is 2.22. The van der Waals surface area contributed by atoms with E-state index < -0.39 is 0 Å². The largest absolute Gasteiger partial charge is 0.310 e. The Morgan fingerprint density at radius 2 is 2.06 bits per heavy atom. The van der Waals surface area contributed by atoms with Crippen LogP contribution in [0.2, 0.25) is 0 Å². The second kappa shape index (κ2) is 5.63. The van der Waals surface area contributed by atoms with Crippen LogP contribution in [0.4, 0.5) is 0 Å². The van der Waals surface area contributed by atoms with Gasteiger partial charge < -0.3 is 5.32 Å². The third-order valence-electron chi connectivity index (χ3n) is 3.85. The average Bonchev–Trinajstić information content (AvgIpc) is 2.75. The lowest BCUT2D eigenvalue weighted by Gasteiger charge is -2.18. The summed E-state index contributed by atoms with van der Waals surface area (Å²) in [7, 11) is 4.00. The van der Waals surface area contributed by atoms with Crippen molar-refractivity contribution in [3.8, 4) is 0 Å². The third kappa shape index (κ3) is 2.68. The monoisotopic (exact) mass is 236 g/mol. The number of hydrogen-bond acceptors (Lipinski definition) is 3. The molecule has 1 heterocycles. The van der Waals surface area contributed by atoms with Crippen LogP contribution in [0.25, 0.3) is 0 Å². The number of aryl methyl sites for hydroxylation is 1. The van der Waals surface area contributed by atoms with Crippen LogP contribution in [-0.4, -0.2) is 21.8 Å². The van der Waals surface area contributed by atoms with Gasteiger partial charge in [0.05, 0.1) is 6.04 Å². The smallest absolute Gasteiger partial charge is 0.154 e. The fraction of sp³-hybridized carbons (Fsp3) is 0.846. The zero-order chi connectivity index (χ0) is 12.3. The number of aromatic nitrogens is 3. The standard InChI is InChI=1S/C13H24N4/c1-4-11(14-2)13-15-12(16-17(13)3)10-8-6-5-7-9-10/h10-11,14H,4-9H2,1-3H3. The van der Waals surface area contributed by atoms with Crippen molar-refractivity contribution in [3.05, 3.63) is 11.6 Å². The molecule has 1 atom stereocenters. The SMILES string of the molecule is CCC(NC)c1nc(C2CCCCC2)nn1C. The molecule has 0 amide bonds. The van der Waals surface area contributed by atoms with Crippen LogP contribution in [0.1, 0.15) is 69.1 Å². The van der Waals surface area contributed by atoms with Crippen LogP contribution in [0.3, 0.4) is 0 Å². The van der Waals surface area contributed by atoms with Crippen molar-refractivity contribution in [1.29, 1.82) is 0 Å². The third-order valence-corrected chi connectivity index (χ3v) is 3.85. The van der Waals surface area contributed by atoms with Crippen LogP contribution >= 0.6 is 0 Å². The van der Waals surface area contributed by atoms with Gasteiger partial charge in [-0.2, -0.15) is 5.10 Å². The Labute approximate surface area is 104 Å². The van der Waals surface area contributed by atoms with Gasteiger partial charge in [-0.3, -0.25) is 4.68 Å². The lowest BCUT2D eigenvalue weighted by molar-refractivity contribution is 0.427. The quantitative estimate of drug-likeness (QED) is 0.873. The van der Waals surface area contributed by atoms with E-state index in [1.54, 1.807) is 0 Å². The van der Waals surface area contributed by atoms with E-state index in [0.29, 0.717) is 12.0 Å². The van der Waals surface area contributed by atoms with Crippen LogP contribution in [0.15, 0.2) is 0 Å². The minimum atomic E-state index is 0.324. The Morgan fingerprint density at radius 1 is 1.35 bits per heavy atom. The molecule has 1 N–H and O–H groups in total. The van der Waals surface area contributed by atoms with Crippen molar-refractivity contribution in [2.24, 2.45) is 7.05 Å². The highest BCUT2D eigenvalue weighted by atomic mass is 15.3. The number of hydrogen-bond donors (Lipinski definition) is 1. The van der Waals surface area contributed by atoms with Crippen LogP contribution in [0, 0.1) is 0 Å². The summed E-state index contributed by atoms with van der Waals surface area (Å²) in [4.78, 5) is 4.76. The van der Waals surface area contributed by atoms with Gasteiger partial charge in [-0.15, -0.1) is 0 Å².